The molecule has 3 N–H and O–H groups in total. The van der Waals surface area contributed by atoms with Crippen LogP contribution in [0.15, 0.2) is 36.9 Å². The van der Waals surface area contributed by atoms with Crippen LogP contribution in [-0.4, -0.2) is 55.7 Å². The van der Waals surface area contributed by atoms with E-state index in [4.69, 9.17) is 5.73 Å². The fraction of sp³-hybridized carbons (Fsp3) is 0.556. The van der Waals surface area contributed by atoms with Gasteiger partial charge in [0, 0.05) is 22.5 Å². The maximum atomic E-state index is 12.9. The highest BCUT2D eigenvalue weighted by Gasteiger charge is 2.28. The lowest BCUT2D eigenvalue weighted by molar-refractivity contribution is 0.0918. The molecule has 0 radical (unpaired) electrons. The molecule has 1 fully saturated rings. The molecule has 9 heteroatoms. The Labute approximate surface area is 217 Å². The zero-order chi connectivity index (χ0) is 24.9. The van der Waals surface area contributed by atoms with Crippen molar-refractivity contribution in [2.75, 3.05) is 18.8 Å². The number of nitrogen functional groups attached to an aromatic ring is 1. The second kappa shape index (κ2) is 11.5. The van der Waals surface area contributed by atoms with Gasteiger partial charge in [-0.05, 0) is 95.0 Å². The Hall–Kier alpha value is -2.78. The minimum Gasteiger partial charge on any atom is -0.375 e. The van der Waals surface area contributed by atoms with Crippen LogP contribution in [0.5, 0.6) is 0 Å². The number of aryl methyl sites for hydroxylation is 1. The van der Waals surface area contributed by atoms with Gasteiger partial charge < -0.3 is 16.0 Å². The van der Waals surface area contributed by atoms with Gasteiger partial charge in [-0.25, -0.2) is 14.6 Å². The number of rotatable bonds is 9. The predicted molar refractivity (Wildman–Crippen MR) is 143 cm³/mol. The molecule has 1 atom stereocenters. The first-order valence-corrected chi connectivity index (χ1v) is 14.1. The quantitative estimate of drug-likeness (QED) is 0.449. The van der Waals surface area contributed by atoms with Gasteiger partial charge in [0.1, 0.15) is 12.7 Å². The van der Waals surface area contributed by atoms with Gasteiger partial charge >= 0.3 is 0 Å². The predicted octanol–water partition coefficient (Wildman–Crippen LogP) is 4.25. The number of amides is 1. The Bertz CT molecular complexity index is 1140. The van der Waals surface area contributed by atoms with Gasteiger partial charge in [-0.2, -0.15) is 5.10 Å². The molecule has 2 aromatic heterocycles. The van der Waals surface area contributed by atoms with E-state index in [-0.39, 0.29) is 11.9 Å². The number of carbonyl (C=O) groups is 1. The van der Waals surface area contributed by atoms with Gasteiger partial charge in [0.25, 0.3) is 5.91 Å². The molecule has 0 spiro atoms. The van der Waals surface area contributed by atoms with E-state index < -0.39 is 0 Å². The summed E-state index contributed by atoms with van der Waals surface area (Å²) in [5.41, 5.74) is 8.70. The molecule has 36 heavy (non-hydrogen) atoms. The lowest BCUT2D eigenvalue weighted by Crippen LogP contribution is -2.41. The zero-order valence-electron chi connectivity index (χ0n) is 21.1. The summed E-state index contributed by atoms with van der Waals surface area (Å²) in [7, 11) is 0. The lowest BCUT2D eigenvalue weighted by atomic mass is 9.83. The van der Waals surface area contributed by atoms with E-state index in [2.05, 4.69) is 32.2 Å². The third-order valence-corrected chi connectivity index (χ3v) is 8.70. The number of nitrogens with two attached hydrogens (primary N) is 1. The molecular formula is C27H37N7OS. The average Bonchev–Trinajstić information content (AvgIpc) is 3.56. The molecule has 5 rings (SSSR count). The summed E-state index contributed by atoms with van der Waals surface area (Å²) in [6.07, 6.45) is 13.4. The van der Waals surface area contributed by atoms with Crippen molar-refractivity contribution in [3.05, 3.63) is 53.1 Å². The van der Waals surface area contributed by atoms with Crippen molar-refractivity contribution in [3.8, 4) is 5.69 Å². The Morgan fingerprint density at radius 2 is 2.08 bits per heavy atom. The SMILES string of the molecule is CCCN(CCC1CCC(NC(=O)c2cccc(-n3cncn3)c2)CC1)[C@H]1CCc2nc(N)sc2C1. The summed E-state index contributed by atoms with van der Waals surface area (Å²) in [5, 5.41) is 8.14. The molecule has 8 nitrogen and oxygen atoms in total. The number of anilines is 1. The highest BCUT2D eigenvalue weighted by atomic mass is 32.1. The third kappa shape index (κ3) is 5.95. The second-order valence-corrected chi connectivity index (χ2v) is 11.3. The highest BCUT2D eigenvalue weighted by molar-refractivity contribution is 7.15. The van der Waals surface area contributed by atoms with E-state index >= 15 is 0 Å². The van der Waals surface area contributed by atoms with Gasteiger partial charge in [-0.1, -0.05) is 13.0 Å². The van der Waals surface area contributed by atoms with Crippen LogP contribution in [0.1, 0.15) is 72.8 Å². The van der Waals surface area contributed by atoms with Crippen molar-refractivity contribution in [2.24, 2.45) is 5.92 Å². The number of aromatic nitrogens is 4. The summed E-state index contributed by atoms with van der Waals surface area (Å²) in [6, 6.07) is 8.41. The zero-order valence-corrected chi connectivity index (χ0v) is 21.9. The first kappa shape index (κ1) is 24.9. The molecule has 2 heterocycles. The third-order valence-electron chi connectivity index (χ3n) is 7.76. The number of thiazole rings is 1. The van der Waals surface area contributed by atoms with E-state index in [0.29, 0.717) is 11.6 Å². The average molecular weight is 508 g/mol. The van der Waals surface area contributed by atoms with Crippen molar-refractivity contribution in [3.63, 3.8) is 0 Å². The molecule has 1 amide bonds. The van der Waals surface area contributed by atoms with Crippen molar-refractivity contribution in [1.82, 2.24) is 30.0 Å². The van der Waals surface area contributed by atoms with Crippen LogP contribution in [0.25, 0.3) is 5.69 Å². The normalized spacial score (nSPS) is 21.9. The van der Waals surface area contributed by atoms with Crippen LogP contribution in [0.3, 0.4) is 0 Å². The van der Waals surface area contributed by atoms with Crippen LogP contribution in [0.2, 0.25) is 0 Å². The summed E-state index contributed by atoms with van der Waals surface area (Å²) in [4.78, 5) is 25.5. The molecule has 2 aliphatic carbocycles. The summed E-state index contributed by atoms with van der Waals surface area (Å²) < 4.78 is 1.67. The molecule has 192 valence electrons. The van der Waals surface area contributed by atoms with E-state index in [0.717, 1.165) is 49.0 Å². The van der Waals surface area contributed by atoms with Gasteiger partial charge in [0.2, 0.25) is 0 Å². The number of nitrogens with one attached hydrogen (secondary N) is 1. The van der Waals surface area contributed by atoms with E-state index in [1.807, 2.05) is 24.3 Å². The summed E-state index contributed by atoms with van der Waals surface area (Å²) in [5.74, 6) is 0.737. The van der Waals surface area contributed by atoms with E-state index in [1.54, 1.807) is 22.3 Å². The molecule has 3 aromatic rings. The minimum atomic E-state index is -0.00472. The Morgan fingerprint density at radius 1 is 1.22 bits per heavy atom. The van der Waals surface area contributed by atoms with Crippen molar-refractivity contribution >= 4 is 22.4 Å². The highest BCUT2D eigenvalue weighted by Crippen LogP contribution is 2.32. The monoisotopic (exact) mass is 507 g/mol. The number of hydrogen-bond donors (Lipinski definition) is 2. The Kier molecular flexibility index (Phi) is 7.96. The van der Waals surface area contributed by atoms with Crippen molar-refractivity contribution < 1.29 is 4.79 Å². The van der Waals surface area contributed by atoms with Crippen LogP contribution >= 0.6 is 11.3 Å². The minimum absolute atomic E-state index is 0.00472. The number of carbonyl (C=O) groups excluding carboxylic acids is 1. The topological polar surface area (TPSA) is 102 Å². The van der Waals surface area contributed by atoms with Crippen LogP contribution in [0, 0.1) is 5.92 Å². The molecule has 2 aliphatic rings. The Morgan fingerprint density at radius 3 is 2.86 bits per heavy atom. The maximum absolute atomic E-state index is 12.9. The number of hydrogen-bond acceptors (Lipinski definition) is 7. The molecule has 1 aromatic carbocycles. The van der Waals surface area contributed by atoms with Crippen molar-refractivity contribution in [1.29, 1.82) is 0 Å². The fourth-order valence-corrected chi connectivity index (χ4v) is 6.75. The molecule has 0 unspecified atom stereocenters. The fourth-order valence-electron chi connectivity index (χ4n) is 5.80. The second-order valence-electron chi connectivity index (χ2n) is 10.2. The van der Waals surface area contributed by atoms with Crippen LogP contribution < -0.4 is 11.1 Å². The Balaban J connectivity index is 1.09. The van der Waals surface area contributed by atoms with Crippen LogP contribution in [0.4, 0.5) is 5.13 Å². The van der Waals surface area contributed by atoms with Gasteiger partial charge in [0.05, 0.1) is 11.4 Å². The number of benzene rings is 1. The summed E-state index contributed by atoms with van der Waals surface area (Å²) >= 11 is 1.68. The first-order chi connectivity index (χ1) is 17.6. The van der Waals surface area contributed by atoms with E-state index in [1.165, 1.54) is 55.5 Å². The molecular weight excluding hydrogens is 470 g/mol. The summed E-state index contributed by atoms with van der Waals surface area (Å²) in [6.45, 7) is 4.60. The smallest absolute Gasteiger partial charge is 0.251 e. The lowest BCUT2D eigenvalue weighted by Gasteiger charge is -2.36. The standard InChI is InChI=1S/C27H37N7OS/c1-2-13-33(22-10-11-24-25(16-22)36-27(28)32-24)14-12-19-6-8-21(9-7-19)31-26(35)20-4-3-5-23(15-20)34-18-29-17-30-34/h3-5,15,17-19,21-22H,2,6-14,16H2,1H3,(H2,28,32)(H,31,35)/t19?,21?,22-/m0/s1. The number of nitrogens with zero attached hydrogens (tertiary/aromatic N) is 5. The molecule has 1 saturated carbocycles. The molecule has 0 aliphatic heterocycles. The van der Waals surface area contributed by atoms with Crippen molar-refractivity contribution in [2.45, 2.75) is 76.8 Å². The van der Waals surface area contributed by atoms with Gasteiger partial charge in [-0.15, -0.1) is 11.3 Å². The molecule has 0 saturated heterocycles. The van der Waals surface area contributed by atoms with Crippen LogP contribution in [-0.2, 0) is 12.8 Å². The molecule has 0 bridgehead atoms. The maximum Gasteiger partial charge on any atom is 0.251 e. The largest absolute Gasteiger partial charge is 0.375 e. The van der Waals surface area contributed by atoms with E-state index in [9.17, 15) is 4.79 Å². The van der Waals surface area contributed by atoms with Gasteiger partial charge in [0.15, 0.2) is 5.13 Å². The first-order valence-electron chi connectivity index (χ1n) is 13.3. The number of fused-ring (bicyclic) bond motifs is 1. The van der Waals surface area contributed by atoms with Gasteiger partial charge in [-0.3, -0.25) is 4.79 Å².